The fourth-order valence-electron chi connectivity index (χ4n) is 3.21. The molecule has 0 spiro atoms. The lowest BCUT2D eigenvalue weighted by atomic mass is 9.99. The van der Waals surface area contributed by atoms with Crippen molar-refractivity contribution in [3.8, 4) is 0 Å². The summed E-state index contributed by atoms with van der Waals surface area (Å²) in [4.78, 5) is 14.6. The van der Waals surface area contributed by atoms with Gasteiger partial charge in [-0.15, -0.1) is 0 Å². The van der Waals surface area contributed by atoms with Crippen LogP contribution in [-0.2, 0) is 9.53 Å². The largest absolute Gasteiger partial charge is 0.468 e. The van der Waals surface area contributed by atoms with Gasteiger partial charge in [0.05, 0.1) is 7.11 Å². The number of carbonyl (C=O) groups excluding carboxylic acids is 1. The Balaban J connectivity index is 2.76. The minimum Gasteiger partial charge on any atom is -0.468 e. The molecule has 0 saturated heterocycles. The van der Waals surface area contributed by atoms with Crippen LogP contribution >= 0.6 is 0 Å². The van der Waals surface area contributed by atoms with Gasteiger partial charge in [-0.3, -0.25) is 15.0 Å². The van der Waals surface area contributed by atoms with Gasteiger partial charge in [0.15, 0.2) is 0 Å². The summed E-state index contributed by atoms with van der Waals surface area (Å²) in [5.74, 6) is -0.169. The van der Waals surface area contributed by atoms with E-state index < -0.39 is 5.54 Å². The number of carbonyl (C=O) groups is 1. The van der Waals surface area contributed by atoms with Crippen molar-refractivity contribution >= 4 is 5.97 Å². The van der Waals surface area contributed by atoms with Gasteiger partial charge >= 0.3 is 5.97 Å². The third-order valence-corrected chi connectivity index (χ3v) is 4.01. The second-order valence-electron chi connectivity index (χ2n) is 6.12. The Kier molecular flexibility index (Phi) is 6.27. The molecule has 0 heterocycles. The Morgan fingerprint density at radius 2 is 2.00 bits per heavy atom. The standard InChI is InChI=1S/C15H30N2O2/c1-6-17(13-9-7-8-10-13)11-15(4,14(18)19-5)16-12(2)3/h12-13,16H,6-11H2,1-5H3. The highest BCUT2D eigenvalue weighted by molar-refractivity contribution is 5.80. The molecule has 1 saturated carbocycles. The van der Waals surface area contributed by atoms with E-state index in [1.165, 1.54) is 32.8 Å². The third kappa shape index (κ3) is 4.46. The van der Waals surface area contributed by atoms with Crippen molar-refractivity contribution in [2.45, 2.75) is 71.0 Å². The lowest BCUT2D eigenvalue weighted by Crippen LogP contribution is -2.60. The summed E-state index contributed by atoms with van der Waals surface area (Å²) in [6.45, 7) is 9.96. The quantitative estimate of drug-likeness (QED) is 0.720. The molecule has 1 aliphatic rings. The Labute approximate surface area is 117 Å². The molecule has 0 amide bonds. The van der Waals surface area contributed by atoms with Crippen molar-refractivity contribution in [3.05, 3.63) is 0 Å². The van der Waals surface area contributed by atoms with Crippen molar-refractivity contribution < 1.29 is 9.53 Å². The van der Waals surface area contributed by atoms with E-state index in [2.05, 4.69) is 31.0 Å². The fourth-order valence-corrected chi connectivity index (χ4v) is 3.21. The number of esters is 1. The maximum atomic E-state index is 12.1. The van der Waals surface area contributed by atoms with Crippen LogP contribution < -0.4 is 5.32 Å². The first-order valence-electron chi connectivity index (χ1n) is 7.53. The Hall–Kier alpha value is -0.610. The summed E-state index contributed by atoms with van der Waals surface area (Å²) < 4.78 is 5.00. The zero-order valence-electron chi connectivity index (χ0n) is 13.2. The SMILES string of the molecule is CCN(CC(C)(NC(C)C)C(=O)OC)C1CCCC1. The molecule has 1 fully saturated rings. The van der Waals surface area contributed by atoms with E-state index >= 15 is 0 Å². The molecule has 1 rings (SSSR count). The van der Waals surface area contributed by atoms with E-state index in [4.69, 9.17) is 4.74 Å². The summed E-state index contributed by atoms with van der Waals surface area (Å²) in [7, 11) is 1.47. The smallest absolute Gasteiger partial charge is 0.327 e. The van der Waals surface area contributed by atoms with Crippen LogP contribution in [0.25, 0.3) is 0 Å². The van der Waals surface area contributed by atoms with Gasteiger partial charge in [-0.05, 0) is 40.2 Å². The predicted octanol–water partition coefficient (Wildman–Crippen LogP) is 2.18. The van der Waals surface area contributed by atoms with Gasteiger partial charge in [-0.2, -0.15) is 0 Å². The van der Waals surface area contributed by atoms with Crippen molar-refractivity contribution in [2.24, 2.45) is 0 Å². The minimum absolute atomic E-state index is 0.169. The van der Waals surface area contributed by atoms with E-state index in [9.17, 15) is 4.79 Å². The second kappa shape index (κ2) is 7.25. The highest BCUT2D eigenvalue weighted by Crippen LogP contribution is 2.25. The number of hydrogen-bond donors (Lipinski definition) is 1. The van der Waals surface area contributed by atoms with E-state index in [-0.39, 0.29) is 12.0 Å². The maximum Gasteiger partial charge on any atom is 0.327 e. The molecular formula is C15H30N2O2. The highest BCUT2D eigenvalue weighted by atomic mass is 16.5. The molecule has 1 N–H and O–H groups in total. The van der Waals surface area contributed by atoms with E-state index in [0.29, 0.717) is 6.04 Å². The van der Waals surface area contributed by atoms with Crippen LogP contribution in [0.5, 0.6) is 0 Å². The number of ether oxygens (including phenoxy) is 1. The van der Waals surface area contributed by atoms with E-state index in [0.717, 1.165) is 13.1 Å². The fraction of sp³-hybridized carbons (Fsp3) is 0.933. The molecule has 4 nitrogen and oxygen atoms in total. The molecule has 0 radical (unpaired) electrons. The van der Waals surface area contributed by atoms with Gasteiger partial charge in [-0.25, -0.2) is 0 Å². The first kappa shape index (κ1) is 16.4. The number of methoxy groups -OCH3 is 1. The van der Waals surface area contributed by atoms with Gasteiger partial charge in [0.1, 0.15) is 5.54 Å². The second-order valence-corrected chi connectivity index (χ2v) is 6.12. The molecular weight excluding hydrogens is 240 g/mol. The number of hydrogen-bond acceptors (Lipinski definition) is 4. The highest BCUT2D eigenvalue weighted by Gasteiger charge is 2.38. The molecule has 112 valence electrons. The predicted molar refractivity (Wildman–Crippen MR) is 78.2 cm³/mol. The summed E-state index contributed by atoms with van der Waals surface area (Å²) >= 11 is 0. The van der Waals surface area contributed by atoms with Gasteiger partial charge in [0.25, 0.3) is 0 Å². The number of nitrogens with zero attached hydrogens (tertiary/aromatic N) is 1. The molecule has 1 unspecified atom stereocenters. The monoisotopic (exact) mass is 270 g/mol. The number of likely N-dealkylation sites (N-methyl/N-ethyl adjacent to an activating group) is 1. The zero-order valence-corrected chi connectivity index (χ0v) is 13.2. The molecule has 0 aliphatic heterocycles. The third-order valence-electron chi connectivity index (χ3n) is 4.01. The topological polar surface area (TPSA) is 41.6 Å². The van der Waals surface area contributed by atoms with Crippen molar-refractivity contribution in [1.82, 2.24) is 10.2 Å². The lowest BCUT2D eigenvalue weighted by molar-refractivity contribution is -0.149. The Morgan fingerprint density at radius 3 is 2.42 bits per heavy atom. The molecule has 0 bridgehead atoms. The van der Waals surface area contributed by atoms with Crippen LogP contribution in [0.1, 0.15) is 53.4 Å². The number of nitrogens with one attached hydrogen (secondary N) is 1. The van der Waals surface area contributed by atoms with Crippen LogP contribution in [-0.4, -0.2) is 48.7 Å². The zero-order chi connectivity index (χ0) is 14.5. The van der Waals surface area contributed by atoms with Crippen molar-refractivity contribution in [1.29, 1.82) is 0 Å². The summed E-state index contributed by atoms with van der Waals surface area (Å²) in [6.07, 6.45) is 5.14. The molecule has 19 heavy (non-hydrogen) atoms. The van der Waals surface area contributed by atoms with Crippen LogP contribution in [0.2, 0.25) is 0 Å². The molecule has 0 aromatic rings. The van der Waals surface area contributed by atoms with Crippen molar-refractivity contribution in [2.75, 3.05) is 20.2 Å². The lowest BCUT2D eigenvalue weighted by Gasteiger charge is -2.37. The van der Waals surface area contributed by atoms with Crippen molar-refractivity contribution in [3.63, 3.8) is 0 Å². The summed E-state index contributed by atoms with van der Waals surface area (Å²) in [5, 5.41) is 3.38. The molecule has 0 aromatic heterocycles. The average Bonchev–Trinajstić information content (AvgIpc) is 2.87. The molecule has 1 aliphatic carbocycles. The Morgan fingerprint density at radius 1 is 1.42 bits per heavy atom. The van der Waals surface area contributed by atoms with Gasteiger partial charge in [0, 0.05) is 18.6 Å². The van der Waals surface area contributed by atoms with E-state index in [1.807, 2.05) is 6.92 Å². The van der Waals surface area contributed by atoms with Crippen LogP contribution in [0.3, 0.4) is 0 Å². The van der Waals surface area contributed by atoms with E-state index in [1.54, 1.807) is 0 Å². The Bertz CT molecular complexity index is 288. The normalized spacial score (nSPS) is 19.9. The molecule has 1 atom stereocenters. The van der Waals surface area contributed by atoms with Crippen LogP contribution in [0, 0.1) is 0 Å². The van der Waals surface area contributed by atoms with Gasteiger partial charge in [0.2, 0.25) is 0 Å². The average molecular weight is 270 g/mol. The minimum atomic E-state index is -0.623. The number of rotatable bonds is 7. The van der Waals surface area contributed by atoms with Gasteiger partial charge in [-0.1, -0.05) is 19.8 Å². The summed E-state index contributed by atoms with van der Waals surface area (Å²) in [6, 6.07) is 0.884. The summed E-state index contributed by atoms with van der Waals surface area (Å²) in [5.41, 5.74) is -0.623. The first-order valence-corrected chi connectivity index (χ1v) is 7.53. The maximum absolute atomic E-state index is 12.1. The van der Waals surface area contributed by atoms with Gasteiger partial charge < -0.3 is 4.74 Å². The molecule has 4 heteroatoms. The van der Waals surface area contributed by atoms with Crippen LogP contribution in [0.15, 0.2) is 0 Å². The molecule has 0 aromatic carbocycles. The van der Waals surface area contributed by atoms with Crippen LogP contribution in [0.4, 0.5) is 0 Å². The first-order chi connectivity index (χ1) is 8.92.